The van der Waals surface area contributed by atoms with Crippen LogP contribution in [0.25, 0.3) is 0 Å². The average molecular weight is 485 g/mol. The number of hydrogen-bond donors (Lipinski definition) is 1. The van der Waals surface area contributed by atoms with Crippen LogP contribution in [0, 0.1) is 12.7 Å². The lowest BCUT2D eigenvalue weighted by atomic mass is 10.1. The Morgan fingerprint density at radius 2 is 1.68 bits per heavy atom. The van der Waals surface area contributed by atoms with Gasteiger partial charge in [0.1, 0.15) is 18.1 Å². The molecule has 6 nitrogen and oxygen atoms in total. The number of aryl methyl sites for hydroxylation is 2. The van der Waals surface area contributed by atoms with Crippen LogP contribution in [0.5, 0.6) is 5.75 Å². The van der Waals surface area contributed by atoms with Crippen LogP contribution in [0.2, 0.25) is 0 Å². The highest BCUT2D eigenvalue weighted by Crippen LogP contribution is 2.26. The van der Waals surface area contributed by atoms with Crippen molar-refractivity contribution in [3.63, 3.8) is 0 Å². The third-order valence-corrected chi connectivity index (χ3v) is 7.01. The number of para-hydroxylation sites is 2. The zero-order valence-corrected chi connectivity index (χ0v) is 20.1. The van der Waals surface area contributed by atoms with Gasteiger partial charge in [-0.15, -0.1) is 0 Å². The maximum atomic E-state index is 14.5. The molecule has 0 saturated heterocycles. The molecule has 0 aliphatic carbocycles. The maximum Gasteiger partial charge on any atom is 0.264 e. The van der Waals surface area contributed by atoms with Gasteiger partial charge in [-0.2, -0.15) is 0 Å². The van der Waals surface area contributed by atoms with Crippen molar-refractivity contribution < 1.29 is 22.3 Å². The first kappa shape index (κ1) is 25.2. The van der Waals surface area contributed by atoms with Gasteiger partial charge in [-0.3, -0.25) is 9.10 Å². The Balaban J connectivity index is 1.70. The summed E-state index contributed by atoms with van der Waals surface area (Å²) in [4.78, 5) is 12.7. The lowest BCUT2D eigenvalue weighted by Crippen LogP contribution is -2.41. The molecule has 3 aromatic rings. The average Bonchev–Trinajstić information content (AvgIpc) is 2.82. The molecule has 8 heteroatoms. The fraction of sp³-hybridized carbons (Fsp3) is 0.269. The summed E-state index contributed by atoms with van der Waals surface area (Å²) < 4.78 is 47.6. The number of halogens is 1. The molecule has 1 N–H and O–H groups in total. The summed E-state index contributed by atoms with van der Waals surface area (Å²) in [5.74, 6) is -0.429. The first-order chi connectivity index (χ1) is 16.3. The summed E-state index contributed by atoms with van der Waals surface area (Å²) in [6, 6.07) is 19.4. The Bertz CT molecular complexity index is 1210. The van der Waals surface area contributed by atoms with Gasteiger partial charge in [0.2, 0.25) is 5.91 Å². The molecule has 0 radical (unpaired) electrons. The molecule has 3 rings (SSSR count). The van der Waals surface area contributed by atoms with E-state index in [9.17, 15) is 17.6 Å². The highest BCUT2D eigenvalue weighted by Gasteiger charge is 2.29. The number of carbonyl (C=O) groups is 1. The molecular formula is C26H29FN2O4S. The second-order valence-electron chi connectivity index (χ2n) is 7.77. The normalized spacial score (nSPS) is 11.1. The van der Waals surface area contributed by atoms with Gasteiger partial charge in [0.25, 0.3) is 10.0 Å². The molecule has 180 valence electrons. The Morgan fingerprint density at radius 1 is 1.00 bits per heavy atom. The first-order valence-electron chi connectivity index (χ1n) is 11.1. The van der Waals surface area contributed by atoms with Crippen molar-refractivity contribution >= 4 is 21.6 Å². The quantitative estimate of drug-likeness (QED) is 0.407. The van der Waals surface area contributed by atoms with Crippen molar-refractivity contribution in [1.82, 2.24) is 5.32 Å². The van der Waals surface area contributed by atoms with Crippen LogP contribution in [0.1, 0.15) is 24.5 Å². The van der Waals surface area contributed by atoms with Gasteiger partial charge in [0.05, 0.1) is 17.2 Å². The molecule has 1 amide bonds. The molecule has 3 aromatic carbocycles. The van der Waals surface area contributed by atoms with Crippen LogP contribution in [0.4, 0.5) is 10.1 Å². The van der Waals surface area contributed by atoms with Crippen molar-refractivity contribution in [2.45, 2.75) is 31.6 Å². The molecule has 0 spiro atoms. The number of anilines is 1. The standard InChI is InChI=1S/C26H29FN2O4S/c1-3-33-25-13-7-4-9-21(25)10-8-18-28-26(30)19-29(24-12-6-5-11-23(24)27)34(31,32)22-16-14-20(2)15-17-22/h4-7,9,11-17H,3,8,10,18-19H2,1-2H3,(H,28,30). The van der Waals surface area contributed by atoms with E-state index in [1.165, 1.54) is 36.4 Å². The van der Waals surface area contributed by atoms with Gasteiger partial charge in [-0.05, 0) is 62.6 Å². The Hall–Kier alpha value is -3.39. The minimum absolute atomic E-state index is 0.0123. The van der Waals surface area contributed by atoms with Crippen LogP contribution < -0.4 is 14.4 Å². The number of benzene rings is 3. The summed E-state index contributed by atoms with van der Waals surface area (Å²) in [6.07, 6.45) is 1.33. The summed E-state index contributed by atoms with van der Waals surface area (Å²) in [5.41, 5.74) is 1.75. The van der Waals surface area contributed by atoms with Crippen molar-refractivity contribution in [2.75, 3.05) is 24.0 Å². The summed E-state index contributed by atoms with van der Waals surface area (Å²) in [5, 5.41) is 2.75. The SMILES string of the molecule is CCOc1ccccc1CCCNC(=O)CN(c1ccccc1F)S(=O)(=O)c1ccc(C)cc1. The monoisotopic (exact) mass is 484 g/mol. The number of carbonyl (C=O) groups excluding carboxylic acids is 1. The van der Waals surface area contributed by atoms with E-state index in [1.807, 2.05) is 38.1 Å². The smallest absolute Gasteiger partial charge is 0.264 e. The fourth-order valence-corrected chi connectivity index (χ4v) is 4.92. The molecule has 0 bridgehead atoms. The number of amides is 1. The summed E-state index contributed by atoms with van der Waals surface area (Å²) >= 11 is 0. The second kappa shape index (κ2) is 11.7. The molecule has 0 heterocycles. The van der Waals surface area contributed by atoms with E-state index in [0.29, 0.717) is 26.0 Å². The van der Waals surface area contributed by atoms with Crippen molar-refractivity contribution in [2.24, 2.45) is 0 Å². The lowest BCUT2D eigenvalue weighted by Gasteiger charge is -2.24. The first-order valence-corrected chi connectivity index (χ1v) is 12.6. The predicted molar refractivity (Wildman–Crippen MR) is 131 cm³/mol. The van der Waals surface area contributed by atoms with Crippen molar-refractivity contribution in [3.8, 4) is 5.75 Å². The fourth-order valence-electron chi connectivity index (χ4n) is 3.49. The summed E-state index contributed by atoms with van der Waals surface area (Å²) in [6.45, 7) is 4.13. The van der Waals surface area contributed by atoms with Gasteiger partial charge in [-0.1, -0.05) is 48.0 Å². The second-order valence-corrected chi connectivity index (χ2v) is 9.63. The molecule has 0 aliphatic rings. The number of nitrogens with zero attached hydrogens (tertiary/aromatic N) is 1. The van der Waals surface area contributed by atoms with Crippen LogP contribution in [-0.4, -0.2) is 34.0 Å². The van der Waals surface area contributed by atoms with Crippen LogP contribution >= 0.6 is 0 Å². The Labute approximate surface area is 200 Å². The molecular weight excluding hydrogens is 455 g/mol. The van der Waals surface area contributed by atoms with Gasteiger partial charge >= 0.3 is 0 Å². The van der Waals surface area contributed by atoms with Gasteiger partial charge < -0.3 is 10.1 Å². The largest absolute Gasteiger partial charge is 0.494 e. The van der Waals surface area contributed by atoms with Crippen molar-refractivity contribution in [1.29, 1.82) is 0 Å². The zero-order chi connectivity index (χ0) is 24.6. The van der Waals surface area contributed by atoms with E-state index in [2.05, 4.69) is 5.32 Å². The van der Waals surface area contributed by atoms with E-state index in [-0.39, 0.29) is 10.6 Å². The lowest BCUT2D eigenvalue weighted by molar-refractivity contribution is -0.119. The molecule has 0 atom stereocenters. The molecule has 0 saturated carbocycles. The van der Waals surface area contributed by atoms with E-state index >= 15 is 0 Å². The van der Waals surface area contributed by atoms with Crippen molar-refractivity contribution in [3.05, 3.63) is 89.7 Å². The molecule has 0 aromatic heterocycles. The van der Waals surface area contributed by atoms with E-state index in [4.69, 9.17) is 4.74 Å². The minimum atomic E-state index is -4.16. The van der Waals surface area contributed by atoms with Gasteiger partial charge in [-0.25, -0.2) is 12.8 Å². The highest BCUT2D eigenvalue weighted by molar-refractivity contribution is 7.92. The third-order valence-electron chi connectivity index (χ3n) is 5.23. The molecule has 34 heavy (non-hydrogen) atoms. The number of ether oxygens (including phenoxy) is 1. The van der Waals surface area contributed by atoms with Crippen LogP contribution in [0.3, 0.4) is 0 Å². The number of hydrogen-bond acceptors (Lipinski definition) is 4. The summed E-state index contributed by atoms with van der Waals surface area (Å²) in [7, 11) is -4.16. The zero-order valence-electron chi connectivity index (χ0n) is 19.3. The number of sulfonamides is 1. The highest BCUT2D eigenvalue weighted by atomic mass is 32.2. The van der Waals surface area contributed by atoms with E-state index < -0.39 is 28.3 Å². The van der Waals surface area contributed by atoms with Gasteiger partial charge in [0.15, 0.2) is 0 Å². The molecule has 0 aliphatic heterocycles. The van der Waals surface area contributed by atoms with E-state index in [1.54, 1.807) is 12.1 Å². The Morgan fingerprint density at radius 3 is 2.38 bits per heavy atom. The topological polar surface area (TPSA) is 75.7 Å². The van der Waals surface area contributed by atoms with Crippen LogP contribution in [-0.2, 0) is 21.2 Å². The van der Waals surface area contributed by atoms with E-state index in [0.717, 1.165) is 21.2 Å². The number of nitrogens with one attached hydrogen (secondary N) is 1. The Kier molecular flexibility index (Phi) is 8.65. The maximum absolute atomic E-state index is 14.5. The molecule has 0 fully saturated rings. The minimum Gasteiger partial charge on any atom is -0.494 e. The third kappa shape index (κ3) is 6.35. The van der Waals surface area contributed by atoms with Crippen LogP contribution in [0.15, 0.2) is 77.7 Å². The molecule has 0 unspecified atom stereocenters. The van der Waals surface area contributed by atoms with Gasteiger partial charge in [0, 0.05) is 6.54 Å². The predicted octanol–water partition coefficient (Wildman–Crippen LogP) is 4.48. The number of rotatable bonds is 11.